The third-order valence-electron chi connectivity index (χ3n) is 3.33. The van der Waals surface area contributed by atoms with E-state index in [1.54, 1.807) is 24.3 Å². The van der Waals surface area contributed by atoms with Crippen LogP contribution in [0, 0.1) is 0 Å². The average molecular weight is 512 g/mol. The Balaban J connectivity index is 2.10. The molecule has 0 radical (unpaired) electrons. The highest BCUT2D eigenvalue weighted by Gasteiger charge is 2.35. The van der Waals surface area contributed by atoms with Gasteiger partial charge in [0.25, 0.3) is 5.91 Å². The van der Waals surface area contributed by atoms with Gasteiger partial charge in [0.2, 0.25) is 3.79 Å². The van der Waals surface area contributed by atoms with E-state index in [4.69, 9.17) is 51.8 Å². The van der Waals surface area contributed by atoms with Crippen molar-refractivity contribution in [3.8, 4) is 5.75 Å². The number of ether oxygens (including phenoxy) is 1. The number of nitrogens with one attached hydrogen (secondary N) is 3. The van der Waals surface area contributed by atoms with Crippen molar-refractivity contribution in [1.82, 2.24) is 10.6 Å². The van der Waals surface area contributed by atoms with Crippen molar-refractivity contribution in [3.63, 3.8) is 0 Å². The molecule has 27 heavy (non-hydrogen) atoms. The number of benzene rings is 2. The lowest BCUT2D eigenvalue weighted by molar-refractivity contribution is 0.0931. The summed E-state index contributed by atoms with van der Waals surface area (Å²) in [6.07, 6.45) is -1.09. The predicted octanol–water partition coefficient (Wildman–Crippen LogP) is 4.87. The van der Waals surface area contributed by atoms with Crippen LogP contribution >= 0.6 is 63.0 Å². The molecule has 0 aliphatic rings. The van der Waals surface area contributed by atoms with Gasteiger partial charge in [0.15, 0.2) is 5.11 Å². The summed E-state index contributed by atoms with van der Waals surface area (Å²) in [6, 6.07) is 14.0. The first kappa shape index (κ1) is 22.0. The second-order valence-electron chi connectivity index (χ2n) is 5.25. The Bertz CT molecular complexity index is 816. The average Bonchev–Trinajstić information content (AvgIpc) is 2.62. The second kappa shape index (κ2) is 9.80. The van der Waals surface area contributed by atoms with Gasteiger partial charge >= 0.3 is 0 Å². The molecule has 0 fully saturated rings. The van der Waals surface area contributed by atoms with Crippen molar-refractivity contribution in [3.05, 3.63) is 58.6 Å². The number of thiocarbonyl (C=S) groups is 1. The zero-order chi connectivity index (χ0) is 20.0. The topological polar surface area (TPSA) is 62.4 Å². The fourth-order valence-electron chi connectivity index (χ4n) is 2.07. The molecule has 0 aliphatic heterocycles. The summed E-state index contributed by atoms with van der Waals surface area (Å²) in [5, 5.41) is 8.54. The number of anilines is 1. The van der Waals surface area contributed by atoms with Gasteiger partial charge in [-0.05, 0) is 48.6 Å². The minimum atomic E-state index is -1.86. The summed E-state index contributed by atoms with van der Waals surface area (Å²) < 4.78 is 4.25. The summed E-state index contributed by atoms with van der Waals surface area (Å²) in [6.45, 7) is 0. The molecule has 1 atom stereocenters. The Hall–Kier alpha value is -1.25. The van der Waals surface area contributed by atoms with Crippen LogP contribution in [0.15, 0.2) is 53.0 Å². The summed E-state index contributed by atoms with van der Waals surface area (Å²) in [5.74, 6) is -0.0867. The van der Waals surface area contributed by atoms with E-state index < -0.39 is 15.9 Å². The highest BCUT2D eigenvalue weighted by atomic mass is 79.9. The molecule has 0 saturated heterocycles. The second-order valence-corrected chi connectivity index (χ2v) is 8.95. The largest absolute Gasteiger partial charge is 0.496 e. The molecule has 0 aromatic heterocycles. The maximum Gasteiger partial charge on any atom is 0.256 e. The lowest BCUT2D eigenvalue weighted by atomic mass is 10.2. The summed E-state index contributed by atoms with van der Waals surface area (Å²) in [5.41, 5.74) is 1.03. The maximum atomic E-state index is 12.6. The number of hydrogen-bond donors (Lipinski definition) is 3. The van der Waals surface area contributed by atoms with Gasteiger partial charge in [0, 0.05) is 10.2 Å². The first-order valence-corrected chi connectivity index (χ1v) is 9.88. The van der Waals surface area contributed by atoms with E-state index in [1.807, 2.05) is 24.3 Å². The molecule has 2 aromatic rings. The van der Waals surface area contributed by atoms with E-state index in [-0.39, 0.29) is 5.11 Å². The highest BCUT2D eigenvalue weighted by molar-refractivity contribution is 9.10. The minimum absolute atomic E-state index is 0.175. The van der Waals surface area contributed by atoms with Crippen LogP contribution in [0.5, 0.6) is 5.75 Å². The Morgan fingerprint density at radius 3 is 2.33 bits per heavy atom. The minimum Gasteiger partial charge on any atom is -0.496 e. The molecule has 3 N–H and O–H groups in total. The molecular formula is C17H15BrCl3N3O2S. The van der Waals surface area contributed by atoms with Gasteiger partial charge in [-0.1, -0.05) is 62.9 Å². The van der Waals surface area contributed by atoms with Crippen molar-refractivity contribution in [1.29, 1.82) is 0 Å². The van der Waals surface area contributed by atoms with E-state index in [0.717, 1.165) is 10.2 Å². The maximum absolute atomic E-state index is 12.6. The number of amides is 1. The van der Waals surface area contributed by atoms with Gasteiger partial charge in [0.1, 0.15) is 11.9 Å². The number of carbonyl (C=O) groups is 1. The molecule has 1 amide bonds. The smallest absolute Gasteiger partial charge is 0.256 e. The monoisotopic (exact) mass is 509 g/mol. The fraction of sp³-hybridized carbons (Fsp3) is 0.176. The normalized spacial score (nSPS) is 12.0. The Labute approximate surface area is 185 Å². The third-order valence-corrected chi connectivity index (χ3v) is 4.74. The lowest BCUT2D eigenvalue weighted by Gasteiger charge is -2.28. The van der Waals surface area contributed by atoms with E-state index in [2.05, 4.69) is 31.9 Å². The third kappa shape index (κ3) is 6.69. The number of carbonyl (C=O) groups excluding carboxylic acids is 1. The predicted molar refractivity (Wildman–Crippen MR) is 118 cm³/mol. The number of alkyl halides is 3. The Kier molecular flexibility index (Phi) is 8.00. The van der Waals surface area contributed by atoms with Crippen LogP contribution in [0.25, 0.3) is 0 Å². The number of hydrogen-bond acceptors (Lipinski definition) is 3. The van der Waals surface area contributed by atoms with Crippen molar-refractivity contribution in [2.24, 2.45) is 0 Å². The van der Waals surface area contributed by atoms with Crippen molar-refractivity contribution < 1.29 is 9.53 Å². The fourth-order valence-corrected chi connectivity index (χ4v) is 2.90. The molecule has 10 heteroatoms. The summed E-state index contributed by atoms with van der Waals surface area (Å²) in [7, 11) is 1.47. The molecule has 0 spiro atoms. The molecule has 2 aromatic carbocycles. The zero-order valence-electron chi connectivity index (χ0n) is 13.9. The molecule has 1 unspecified atom stereocenters. The van der Waals surface area contributed by atoms with E-state index in [0.29, 0.717) is 11.3 Å². The van der Waals surface area contributed by atoms with E-state index in [9.17, 15) is 4.79 Å². The molecule has 0 heterocycles. The molecular weight excluding hydrogens is 497 g/mol. The van der Waals surface area contributed by atoms with Crippen molar-refractivity contribution in [2.45, 2.75) is 9.96 Å². The van der Waals surface area contributed by atoms with Crippen LogP contribution in [-0.2, 0) is 0 Å². The molecule has 0 saturated carbocycles. The van der Waals surface area contributed by atoms with Gasteiger partial charge in [-0.25, -0.2) is 0 Å². The standard InChI is InChI=1S/C17H15BrCl3N3O2S/c1-26-13-5-3-2-4-12(13)14(25)23-15(17(19,20)21)24-16(27)22-11-8-6-10(18)7-9-11/h2-9,15H,1H3,(H,23,25)(H2,22,24,27). The Morgan fingerprint density at radius 2 is 1.74 bits per heavy atom. The van der Waals surface area contributed by atoms with Crippen LogP contribution in [0.1, 0.15) is 10.4 Å². The molecule has 2 rings (SSSR count). The summed E-state index contributed by atoms with van der Waals surface area (Å²) >= 11 is 26.6. The molecule has 0 bridgehead atoms. The molecule has 0 aliphatic carbocycles. The SMILES string of the molecule is COc1ccccc1C(=O)NC(NC(=S)Nc1ccc(Br)cc1)C(Cl)(Cl)Cl. The van der Waals surface area contributed by atoms with E-state index >= 15 is 0 Å². The van der Waals surface area contributed by atoms with Gasteiger partial charge < -0.3 is 20.7 Å². The van der Waals surface area contributed by atoms with Gasteiger partial charge in [0.05, 0.1) is 12.7 Å². The number of halogens is 4. The van der Waals surface area contributed by atoms with Gasteiger partial charge in [-0.3, -0.25) is 4.79 Å². The van der Waals surface area contributed by atoms with Gasteiger partial charge in [-0.15, -0.1) is 0 Å². The van der Waals surface area contributed by atoms with Crippen LogP contribution in [0.4, 0.5) is 5.69 Å². The zero-order valence-corrected chi connectivity index (χ0v) is 18.6. The molecule has 144 valence electrons. The van der Waals surface area contributed by atoms with Crippen molar-refractivity contribution in [2.75, 3.05) is 12.4 Å². The number of para-hydroxylation sites is 1. The van der Waals surface area contributed by atoms with Gasteiger partial charge in [-0.2, -0.15) is 0 Å². The lowest BCUT2D eigenvalue weighted by Crippen LogP contribution is -2.56. The van der Waals surface area contributed by atoms with Crippen LogP contribution in [0.2, 0.25) is 0 Å². The summed E-state index contributed by atoms with van der Waals surface area (Å²) in [4.78, 5) is 12.6. The first-order valence-electron chi connectivity index (χ1n) is 7.54. The van der Waals surface area contributed by atoms with Crippen molar-refractivity contribution >= 4 is 79.7 Å². The highest BCUT2D eigenvalue weighted by Crippen LogP contribution is 2.30. The Morgan fingerprint density at radius 1 is 1.11 bits per heavy atom. The number of rotatable bonds is 5. The molecule has 5 nitrogen and oxygen atoms in total. The number of methoxy groups -OCH3 is 1. The van der Waals surface area contributed by atoms with Crippen LogP contribution < -0.4 is 20.7 Å². The quantitative estimate of drug-likeness (QED) is 0.304. The van der Waals surface area contributed by atoms with Crippen LogP contribution in [0.3, 0.4) is 0 Å². The first-order chi connectivity index (χ1) is 12.7. The van der Waals surface area contributed by atoms with Crippen LogP contribution in [-0.4, -0.2) is 28.1 Å². The van der Waals surface area contributed by atoms with E-state index in [1.165, 1.54) is 7.11 Å².